The van der Waals surface area contributed by atoms with Gasteiger partial charge in [0, 0.05) is 16.6 Å². The standard InChI is InChI=1S/C44H31BO2/c1-28-13-9-11-19-34(28)33-22-24-41-39(26-33)45-38-25-32(30-15-5-3-6-16-30)21-23-40(38)46-43-36(31-17-7-4-8-18-31)27-37(44(47-41)42(43)45)35-20-12-10-14-29(35)2/h3-27H,1-2H3. The molecule has 0 amide bonds. The molecule has 0 fully saturated rings. The zero-order valence-corrected chi connectivity index (χ0v) is 26.3. The molecule has 2 heterocycles. The Bertz CT molecular complexity index is 2330. The van der Waals surface area contributed by atoms with Crippen molar-refractivity contribution < 1.29 is 9.47 Å². The van der Waals surface area contributed by atoms with Crippen LogP contribution in [0.25, 0.3) is 44.5 Å². The fourth-order valence-electron chi connectivity index (χ4n) is 7.37. The summed E-state index contributed by atoms with van der Waals surface area (Å²) in [6, 6.07) is 53.9. The average Bonchev–Trinajstić information content (AvgIpc) is 3.12. The summed E-state index contributed by atoms with van der Waals surface area (Å²) in [6.45, 7) is 4.26. The average molecular weight is 603 g/mol. The van der Waals surface area contributed by atoms with Crippen molar-refractivity contribution in [2.75, 3.05) is 0 Å². The van der Waals surface area contributed by atoms with Gasteiger partial charge >= 0.3 is 0 Å². The van der Waals surface area contributed by atoms with Crippen LogP contribution in [0.5, 0.6) is 23.0 Å². The van der Waals surface area contributed by atoms with Gasteiger partial charge in [-0.05, 0) is 87.5 Å². The summed E-state index contributed by atoms with van der Waals surface area (Å²) in [5.74, 6) is 3.49. The van der Waals surface area contributed by atoms with Gasteiger partial charge in [-0.25, -0.2) is 0 Å². The predicted octanol–water partition coefficient (Wildman–Crippen LogP) is 9.70. The molecule has 9 rings (SSSR count). The second-order valence-corrected chi connectivity index (χ2v) is 12.5. The minimum Gasteiger partial charge on any atom is -0.458 e. The van der Waals surface area contributed by atoms with Crippen molar-refractivity contribution in [1.82, 2.24) is 0 Å². The molecule has 0 unspecified atom stereocenters. The summed E-state index contributed by atoms with van der Waals surface area (Å²) in [4.78, 5) is 0. The Kier molecular flexibility index (Phi) is 6.40. The van der Waals surface area contributed by atoms with Gasteiger partial charge in [-0.1, -0.05) is 133 Å². The van der Waals surface area contributed by atoms with Gasteiger partial charge in [0.05, 0.1) is 0 Å². The molecule has 222 valence electrons. The quantitative estimate of drug-likeness (QED) is 0.187. The van der Waals surface area contributed by atoms with Crippen LogP contribution < -0.4 is 25.9 Å². The lowest BCUT2D eigenvalue weighted by molar-refractivity contribution is 0.467. The molecule has 0 bridgehead atoms. The molecule has 3 heteroatoms. The summed E-state index contributed by atoms with van der Waals surface area (Å²) in [5, 5.41) is 0. The van der Waals surface area contributed by atoms with Crippen LogP contribution in [0.15, 0.2) is 152 Å². The van der Waals surface area contributed by atoms with Crippen LogP contribution in [0.2, 0.25) is 0 Å². The zero-order chi connectivity index (χ0) is 31.5. The predicted molar refractivity (Wildman–Crippen MR) is 195 cm³/mol. The van der Waals surface area contributed by atoms with Gasteiger partial charge < -0.3 is 9.47 Å². The molecule has 0 aromatic heterocycles. The van der Waals surface area contributed by atoms with Crippen LogP contribution in [-0.4, -0.2) is 6.71 Å². The molecule has 7 aromatic rings. The third-order valence-electron chi connectivity index (χ3n) is 9.70. The normalized spacial score (nSPS) is 12.3. The van der Waals surface area contributed by atoms with Crippen LogP contribution in [-0.2, 0) is 0 Å². The lowest BCUT2D eigenvalue weighted by Crippen LogP contribution is -2.57. The monoisotopic (exact) mass is 602 g/mol. The largest absolute Gasteiger partial charge is 0.458 e. The van der Waals surface area contributed by atoms with E-state index in [0.29, 0.717) is 0 Å². The molecule has 0 atom stereocenters. The van der Waals surface area contributed by atoms with Crippen LogP contribution in [0.3, 0.4) is 0 Å². The van der Waals surface area contributed by atoms with E-state index < -0.39 is 0 Å². The number of benzene rings is 7. The first kappa shape index (κ1) is 27.5. The molecule has 7 aromatic carbocycles. The molecule has 47 heavy (non-hydrogen) atoms. The molecule has 2 aliphatic heterocycles. The van der Waals surface area contributed by atoms with E-state index in [1.807, 2.05) is 0 Å². The Morgan fingerprint density at radius 2 is 0.894 bits per heavy atom. The topological polar surface area (TPSA) is 18.5 Å². The summed E-state index contributed by atoms with van der Waals surface area (Å²) < 4.78 is 14.0. The second-order valence-electron chi connectivity index (χ2n) is 12.5. The molecule has 0 saturated carbocycles. The molecule has 0 spiro atoms. The van der Waals surface area contributed by atoms with Gasteiger partial charge in [-0.15, -0.1) is 0 Å². The highest BCUT2D eigenvalue weighted by molar-refractivity contribution is 6.98. The van der Waals surface area contributed by atoms with Crippen LogP contribution in [0.4, 0.5) is 0 Å². The molecular formula is C44H31BO2. The molecule has 0 aliphatic carbocycles. The Balaban J connectivity index is 1.37. The van der Waals surface area contributed by atoms with E-state index in [2.05, 4.69) is 166 Å². The second kappa shape index (κ2) is 10.9. The van der Waals surface area contributed by atoms with Crippen molar-refractivity contribution in [2.24, 2.45) is 0 Å². The maximum Gasteiger partial charge on any atom is 0.260 e. The Morgan fingerprint density at radius 1 is 0.383 bits per heavy atom. The smallest absolute Gasteiger partial charge is 0.260 e. The summed E-state index contributed by atoms with van der Waals surface area (Å²) in [6.07, 6.45) is 0. The van der Waals surface area contributed by atoms with Gasteiger partial charge in [-0.3, -0.25) is 0 Å². The SMILES string of the molecule is Cc1ccccc1-c1ccc2c(c1)B1c3cc(-c4ccccc4)ccc3Oc3c(-c4ccccc4)cc(-c4ccccc4C)c(c31)O2. The number of ether oxygens (including phenoxy) is 2. The molecular weight excluding hydrogens is 571 g/mol. The van der Waals surface area contributed by atoms with E-state index in [1.54, 1.807) is 0 Å². The van der Waals surface area contributed by atoms with Crippen LogP contribution in [0.1, 0.15) is 11.1 Å². The van der Waals surface area contributed by atoms with Crippen molar-refractivity contribution in [3.8, 4) is 67.5 Å². The number of fused-ring (bicyclic) bond motifs is 4. The van der Waals surface area contributed by atoms with Gasteiger partial charge in [0.15, 0.2) is 0 Å². The molecule has 0 saturated heterocycles. The van der Waals surface area contributed by atoms with Gasteiger partial charge in [0.2, 0.25) is 0 Å². The molecule has 0 radical (unpaired) electrons. The highest BCUT2D eigenvalue weighted by Crippen LogP contribution is 2.47. The highest BCUT2D eigenvalue weighted by Gasteiger charge is 2.43. The van der Waals surface area contributed by atoms with Gasteiger partial charge in [-0.2, -0.15) is 0 Å². The Morgan fingerprint density at radius 3 is 1.53 bits per heavy atom. The first-order chi connectivity index (χ1) is 23.1. The van der Waals surface area contributed by atoms with Crippen LogP contribution in [0, 0.1) is 13.8 Å². The van der Waals surface area contributed by atoms with Crippen molar-refractivity contribution >= 4 is 23.1 Å². The van der Waals surface area contributed by atoms with Gasteiger partial charge in [0.25, 0.3) is 6.71 Å². The van der Waals surface area contributed by atoms with E-state index >= 15 is 0 Å². The number of hydrogen-bond donors (Lipinski definition) is 0. The lowest BCUT2D eigenvalue weighted by Gasteiger charge is -2.36. The van der Waals surface area contributed by atoms with Crippen molar-refractivity contribution in [1.29, 1.82) is 0 Å². The van der Waals surface area contributed by atoms with Crippen molar-refractivity contribution in [3.63, 3.8) is 0 Å². The fourth-order valence-corrected chi connectivity index (χ4v) is 7.37. The third-order valence-corrected chi connectivity index (χ3v) is 9.70. The maximum atomic E-state index is 7.03. The van der Waals surface area contributed by atoms with Crippen molar-refractivity contribution in [3.05, 3.63) is 163 Å². The molecule has 2 nitrogen and oxygen atoms in total. The Labute approximate surface area is 276 Å². The number of rotatable bonds is 4. The van der Waals surface area contributed by atoms with Gasteiger partial charge in [0.1, 0.15) is 23.0 Å². The fraction of sp³-hybridized carbons (Fsp3) is 0.0455. The zero-order valence-electron chi connectivity index (χ0n) is 26.3. The first-order valence-corrected chi connectivity index (χ1v) is 16.2. The first-order valence-electron chi connectivity index (χ1n) is 16.2. The minimum atomic E-state index is -0.0911. The van der Waals surface area contributed by atoms with Crippen LogP contribution >= 0.6 is 0 Å². The molecule has 0 N–H and O–H groups in total. The van der Waals surface area contributed by atoms with E-state index in [0.717, 1.165) is 61.6 Å². The summed E-state index contributed by atoms with van der Waals surface area (Å²) in [5.41, 5.74) is 15.0. The van der Waals surface area contributed by atoms with E-state index in [1.165, 1.54) is 33.4 Å². The summed E-state index contributed by atoms with van der Waals surface area (Å²) >= 11 is 0. The molecule has 2 aliphatic rings. The number of hydrogen-bond acceptors (Lipinski definition) is 2. The van der Waals surface area contributed by atoms with E-state index in [4.69, 9.17) is 9.47 Å². The Hall–Kier alpha value is -5.80. The maximum absolute atomic E-state index is 7.03. The third kappa shape index (κ3) is 4.50. The number of aryl methyl sites for hydroxylation is 2. The summed E-state index contributed by atoms with van der Waals surface area (Å²) in [7, 11) is 0. The van der Waals surface area contributed by atoms with E-state index in [-0.39, 0.29) is 6.71 Å². The lowest BCUT2D eigenvalue weighted by atomic mass is 9.34. The minimum absolute atomic E-state index is 0.0911. The highest BCUT2D eigenvalue weighted by atomic mass is 16.5. The van der Waals surface area contributed by atoms with E-state index in [9.17, 15) is 0 Å². The van der Waals surface area contributed by atoms with Crippen molar-refractivity contribution in [2.45, 2.75) is 13.8 Å².